The highest BCUT2D eigenvalue weighted by atomic mass is 35.5. The third kappa shape index (κ3) is 3.69. The van der Waals surface area contributed by atoms with Gasteiger partial charge < -0.3 is 14.0 Å². The maximum absolute atomic E-state index is 12.7. The molecule has 0 saturated heterocycles. The van der Waals surface area contributed by atoms with Crippen LogP contribution < -0.4 is 14.3 Å². The van der Waals surface area contributed by atoms with Gasteiger partial charge in [0.25, 0.3) is 5.91 Å². The first-order valence-electron chi connectivity index (χ1n) is 8.03. The first-order chi connectivity index (χ1) is 13.1. The van der Waals surface area contributed by atoms with Crippen molar-refractivity contribution in [3.05, 3.63) is 50.7 Å². The number of ether oxygens (including phenoxy) is 2. The summed E-state index contributed by atoms with van der Waals surface area (Å²) in [4.78, 5) is 17.6. The molecular formula is C18H14Cl2N2O3S2. The van der Waals surface area contributed by atoms with Crippen LogP contribution in [0.25, 0.3) is 10.2 Å². The number of fused-ring (bicyclic) bond motifs is 2. The molecule has 0 saturated carbocycles. The monoisotopic (exact) mass is 440 g/mol. The van der Waals surface area contributed by atoms with E-state index in [1.165, 1.54) is 17.4 Å². The molecule has 0 fully saturated rings. The predicted octanol–water partition coefficient (Wildman–Crippen LogP) is 4.84. The van der Waals surface area contributed by atoms with E-state index < -0.39 is 5.91 Å². The maximum atomic E-state index is 12.7. The molecule has 9 heteroatoms. The summed E-state index contributed by atoms with van der Waals surface area (Å²) in [7, 11) is 0. The number of thiazole rings is 1. The van der Waals surface area contributed by atoms with Gasteiger partial charge in [-0.3, -0.25) is 4.79 Å². The average molecular weight is 441 g/mol. The Bertz CT molecular complexity index is 1110. The second kappa shape index (κ2) is 7.75. The molecule has 1 aromatic heterocycles. The lowest BCUT2D eigenvalue weighted by Gasteiger charge is -2.05. The molecule has 1 aliphatic heterocycles. The molecule has 0 N–H and O–H groups in total. The summed E-state index contributed by atoms with van der Waals surface area (Å²) < 4.78 is 14.0. The second-order valence-electron chi connectivity index (χ2n) is 5.74. The number of hydrogen-bond donors (Lipinski definition) is 0. The lowest BCUT2D eigenvalue weighted by molar-refractivity contribution is 0.0998. The van der Waals surface area contributed by atoms with E-state index in [4.69, 9.17) is 32.7 Å². The lowest BCUT2D eigenvalue weighted by Crippen LogP contribution is -2.18. The Balaban J connectivity index is 1.84. The molecule has 27 heavy (non-hydrogen) atoms. The van der Waals surface area contributed by atoms with Crippen LogP contribution in [-0.4, -0.2) is 29.3 Å². The van der Waals surface area contributed by atoms with Gasteiger partial charge in [-0.1, -0.05) is 34.5 Å². The third-order valence-electron chi connectivity index (χ3n) is 4.05. The van der Waals surface area contributed by atoms with Crippen LogP contribution in [-0.2, 0) is 6.54 Å². The highest BCUT2D eigenvalue weighted by molar-refractivity contribution is 7.98. The van der Waals surface area contributed by atoms with Crippen molar-refractivity contribution in [2.45, 2.75) is 6.54 Å². The molecule has 0 aliphatic carbocycles. The van der Waals surface area contributed by atoms with E-state index in [1.807, 2.05) is 23.0 Å². The number of aryl methyl sites for hydroxylation is 1. The Labute approximate surface area is 173 Å². The number of halogens is 2. The maximum Gasteiger partial charge on any atom is 0.281 e. The number of aromatic nitrogens is 1. The van der Waals surface area contributed by atoms with Gasteiger partial charge in [-0.2, -0.15) is 16.8 Å². The van der Waals surface area contributed by atoms with Crippen LogP contribution in [0.5, 0.6) is 11.5 Å². The number of carbonyl (C=O) groups is 1. The molecule has 0 bridgehead atoms. The van der Waals surface area contributed by atoms with Crippen LogP contribution in [0.1, 0.15) is 10.4 Å². The molecule has 1 aliphatic rings. The molecule has 2 aromatic carbocycles. The molecule has 3 aromatic rings. The predicted molar refractivity (Wildman–Crippen MR) is 111 cm³/mol. The average Bonchev–Trinajstić information content (AvgIpc) is 3.21. The molecule has 2 heterocycles. The summed E-state index contributed by atoms with van der Waals surface area (Å²) in [5, 5.41) is 0.761. The molecule has 1 amide bonds. The van der Waals surface area contributed by atoms with Crippen LogP contribution in [0.2, 0.25) is 10.0 Å². The van der Waals surface area contributed by atoms with E-state index in [9.17, 15) is 4.79 Å². The minimum Gasteiger partial charge on any atom is -0.454 e. The van der Waals surface area contributed by atoms with Crippen molar-refractivity contribution in [1.82, 2.24) is 4.57 Å². The van der Waals surface area contributed by atoms with Gasteiger partial charge >= 0.3 is 0 Å². The van der Waals surface area contributed by atoms with Crippen LogP contribution in [0.15, 0.2) is 35.3 Å². The summed E-state index contributed by atoms with van der Waals surface area (Å²) in [6, 6.07) is 8.62. The zero-order valence-electron chi connectivity index (χ0n) is 14.2. The van der Waals surface area contributed by atoms with Gasteiger partial charge in [0.05, 0.1) is 20.8 Å². The van der Waals surface area contributed by atoms with Gasteiger partial charge in [-0.25, -0.2) is 0 Å². The Kier molecular flexibility index (Phi) is 5.36. The fourth-order valence-electron chi connectivity index (χ4n) is 2.75. The van der Waals surface area contributed by atoms with E-state index >= 15 is 0 Å². The SMILES string of the molecule is CSCCn1c(=NC(=O)c2ccc(Cl)cc2Cl)sc2cc3c(cc21)OCO3. The van der Waals surface area contributed by atoms with Crippen molar-refractivity contribution in [2.75, 3.05) is 18.8 Å². The van der Waals surface area contributed by atoms with Gasteiger partial charge in [-0.05, 0) is 24.5 Å². The molecule has 5 nitrogen and oxygen atoms in total. The summed E-state index contributed by atoms with van der Waals surface area (Å²) in [5.74, 6) is 1.90. The number of nitrogens with zero attached hydrogens (tertiary/aromatic N) is 2. The van der Waals surface area contributed by atoms with Gasteiger partial charge in [0.2, 0.25) is 6.79 Å². The molecule has 0 radical (unpaired) electrons. The highest BCUT2D eigenvalue weighted by Crippen LogP contribution is 2.37. The van der Waals surface area contributed by atoms with Gasteiger partial charge in [-0.15, -0.1) is 0 Å². The number of thioether (sulfide) groups is 1. The summed E-state index contributed by atoms with van der Waals surface area (Å²) in [6.45, 7) is 0.948. The summed E-state index contributed by atoms with van der Waals surface area (Å²) in [5.41, 5.74) is 1.29. The summed E-state index contributed by atoms with van der Waals surface area (Å²) in [6.07, 6.45) is 2.04. The first-order valence-corrected chi connectivity index (χ1v) is 11.0. The van der Waals surface area contributed by atoms with E-state index in [1.54, 1.807) is 23.9 Å². The van der Waals surface area contributed by atoms with E-state index in [2.05, 4.69) is 4.99 Å². The molecule has 140 valence electrons. The minimum absolute atomic E-state index is 0.224. The lowest BCUT2D eigenvalue weighted by atomic mass is 10.2. The van der Waals surface area contributed by atoms with Crippen molar-refractivity contribution < 1.29 is 14.3 Å². The third-order valence-corrected chi connectivity index (χ3v) is 6.23. The number of amides is 1. The standard InChI is InChI=1S/C18H14Cl2N2O3S2/c1-26-5-4-22-13-7-14-15(25-9-24-14)8-16(13)27-18(22)21-17(23)11-3-2-10(19)6-12(11)20/h2-3,6-8H,4-5,9H2,1H3. The molecule has 4 rings (SSSR count). The second-order valence-corrected chi connectivity index (χ2v) is 8.58. The number of hydrogen-bond acceptors (Lipinski definition) is 5. The van der Waals surface area contributed by atoms with E-state index in [0.29, 0.717) is 26.9 Å². The fraction of sp³-hybridized carbons (Fsp3) is 0.222. The van der Waals surface area contributed by atoms with Crippen molar-refractivity contribution in [3.63, 3.8) is 0 Å². The largest absolute Gasteiger partial charge is 0.454 e. The normalized spacial score (nSPS) is 13.5. The fourth-order valence-corrected chi connectivity index (χ4v) is 4.67. The Morgan fingerprint density at radius 2 is 2.04 bits per heavy atom. The zero-order chi connectivity index (χ0) is 19.0. The smallest absolute Gasteiger partial charge is 0.281 e. The topological polar surface area (TPSA) is 52.8 Å². The van der Waals surface area contributed by atoms with Crippen LogP contribution in [0.3, 0.4) is 0 Å². The van der Waals surface area contributed by atoms with Gasteiger partial charge in [0.1, 0.15) is 0 Å². The van der Waals surface area contributed by atoms with Crippen LogP contribution >= 0.6 is 46.3 Å². The Morgan fingerprint density at radius 1 is 1.26 bits per heavy atom. The Morgan fingerprint density at radius 3 is 2.78 bits per heavy atom. The van der Waals surface area contributed by atoms with Crippen LogP contribution in [0.4, 0.5) is 0 Å². The van der Waals surface area contributed by atoms with Crippen molar-refractivity contribution >= 4 is 62.4 Å². The van der Waals surface area contributed by atoms with Crippen LogP contribution in [0, 0.1) is 0 Å². The van der Waals surface area contributed by atoms with E-state index in [0.717, 1.165) is 22.5 Å². The van der Waals surface area contributed by atoms with Crippen molar-refractivity contribution in [2.24, 2.45) is 4.99 Å². The molecule has 0 spiro atoms. The number of carbonyl (C=O) groups excluding carboxylic acids is 1. The minimum atomic E-state index is -0.402. The molecule has 0 atom stereocenters. The zero-order valence-corrected chi connectivity index (χ0v) is 17.3. The molecular weight excluding hydrogens is 427 g/mol. The first kappa shape index (κ1) is 18.7. The Hall–Kier alpha value is -1.67. The van der Waals surface area contributed by atoms with Crippen molar-refractivity contribution in [1.29, 1.82) is 0 Å². The van der Waals surface area contributed by atoms with Crippen molar-refractivity contribution in [3.8, 4) is 11.5 Å². The number of benzene rings is 2. The van der Waals surface area contributed by atoms with Gasteiger partial charge in [0, 0.05) is 29.5 Å². The van der Waals surface area contributed by atoms with Gasteiger partial charge in [0.15, 0.2) is 16.3 Å². The highest BCUT2D eigenvalue weighted by Gasteiger charge is 2.18. The molecule has 0 unspecified atom stereocenters. The summed E-state index contributed by atoms with van der Waals surface area (Å²) >= 11 is 15.2. The quantitative estimate of drug-likeness (QED) is 0.581. The number of rotatable bonds is 4. The van der Waals surface area contributed by atoms with E-state index in [-0.39, 0.29) is 11.8 Å².